The molecule has 4 heterocycles. The van der Waals surface area contributed by atoms with Gasteiger partial charge in [0.05, 0.1) is 17.7 Å². The topological polar surface area (TPSA) is 77.5 Å². The lowest BCUT2D eigenvalue weighted by atomic mass is 9.99. The molecule has 2 aromatic heterocycles. The van der Waals surface area contributed by atoms with Gasteiger partial charge in [-0.05, 0) is 54.8 Å². The van der Waals surface area contributed by atoms with Crippen molar-refractivity contribution in [3.8, 4) is 22.5 Å². The van der Waals surface area contributed by atoms with Crippen molar-refractivity contribution in [2.24, 2.45) is 0 Å². The fourth-order valence-corrected chi connectivity index (χ4v) is 7.51. The number of anilines is 1. The van der Waals surface area contributed by atoms with E-state index in [2.05, 4.69) is 9.55 Å². The highest BCUT2D eigenvalue weighted by atomic mass is 35.5. The summed E-state index contributed by atoms with van der Waals surface area (Å²) >= 11 is 12.7. The maximum Gasteiger partial charge on any atom is 0.324 e. The molecule has 10 heteroatoms. The first kappa shape index (κ1) is 31.2. The minimum absolute atomic E-state index is 0.0353. The van der Waals surface area contributed by atoms with Gasteiger partial charge >= 0.3 is 6.03 Å². The Balaban J connectivity index is 1.13. The van der Waals surface area contributed by atoms with E-state index >= 15 is 0 Å². The summed E-state index contributed by atoms with van der Waals surface area (Å²) < 4.78 is 2.10. The maximum atomic E-state index is 14.6. The molecule has 0 aliphatic carbocycles. The summed E-state index contributed by atoms with van der Waals surface area (Å²) in [6, 6.07) is 33.4. The molecule has 0 atom stereocenters. The van der Waals surface area contributed by atoms with Gasteiger partial charge in [0.15, 0.2) is 0 Å². The van der Waals surface area contributed by atoms with Gasteiger partial charge in [-0.3, -0.25) is 9.69 Å². The molecular weight excluding hydrogens is 655 g/mol. The number of amides is 3. The first-order valence-electron chi connectivity index (χ1n) is 16.5. The molecule has 0 bridgehead atoms. The molecule has 0 radical (unpaired) electrons. The van der Waals surface area contributed by atoms with Crippen molar-refractivity contribution in [3.63, 3.8) is 0 Å². The normalized spacial score (nSPS) is 15.5. The van der Waals surface area contributed by atoms with Crippen molar-refractivity contribution in [1.82, 2.24) is 24.3 Å². The molecule has 49 heavy (non-hydrogen) atoms. The fraction of sp³-hybridized carbons (Fsp3) is 0.205. The Bertz CT molecular complexity index is 2140. The highest BCUT2D eigenvalue weighted by Crippen LogP contribution is 2.40. The van der Waals surface area contributed by atoms with Crippen molar-refractivity contribution < 1.29 is 9.59 Å². The Morgan fingerprint density at radius 3 is 2.24 bits per heavy atom. The number of aromatic amines is 1. The van der Waals surface area contributed by atoms with Crippen LogP contribution in [0.1, 0.15) is 28.9 Å². The first-order chi connectivity index (χ1) is 23.9. The summed E-state index contributed by atoms with van der Waals surface area (Å²) in [6.07, 6.45) is 3.27. The molecule has 0 saturated carbocycles. The highest BCUT2D eigenvalue weighted by molar-refractivity contribution is 6.31. The van der Waals surface area contributed by atoms with E-state index in [1.807, 2.05) is 124 Å². The van der Waals surface area contributed by atoms with Crippen LogP contribution in [-0.2, 0) is 6.54 Å². The van der Waals surface area contributed by atoms with Crippen molar-refractivity contribution in [3.05, 3.63) is 131 Å². The van der Waals surface area contributed by atoms with Gasteiger partial charge in [0.1, 0.15) is 5.69 Å². The lowest BCUT2D eigenvalue weighted by molar-refractivity contribution is 0.0662. The summed E-state index contributed by atoms with van der Waals surface area (Å²) in [5, 5.41) is 2.14. The summed E-state index contributed by atoms with van der Waals surface area (Å²) in [5.41, 5.74) is 6.63. The second-order valence-corrected chi connectivity index (χ2v) is 13.5. The largest absolute Gasteiger partial charge is 0.350 e. The molecular formula is C39H34Cl2N6O2. The monoisotopic (exact) mass is 688 g/mol. The molecule has 3 amide bonds. The molecule has 8 rings (SSSR count). The molecule has 8 nitrogen and oxygen atoms in total. The van der Waals surface area contributed by atoms with Crippen molar-refractivity contribution in [2.75, 3.05) is 31.1 Å². The molecule has 6 aromatic rings. The Labute approximate surface area is 294 Å². The third-order valence-electron chi connectivity index (χ3n) is 9.66. The number of hydrogen-bond donors (Lipinski definition) is 1. The van der Waals surface area contributed by atoms with Gasteiger partial charge in [-0.25, -0.2) is 9.78 Å². The predicted octanol–water partition coefficient (Wildman–Crippen LogP) is 8.60. The third kappa shape index (κ3) is 5.96. The number of aromatic nitrogens is 3. The minimum Gasteiger partial charge on any atom is -0.350 e. The molecule has 4 aromatic carbocycles. The summed E-state index contributed by atoms with van der Waals surface area (Å²) in [7, 11) is 0. The number of para-hydroxylation sites is 1. The van der Waals surface area contributed by atoms with Gasteiger partial charge in [0.25, 0.3) is 5.91 Å². The zero-order chi connectivity index (χ0) is 33.5. The average Bonchev–Trinajstić information content (AvgIpc) is 3.84. The van der Waals surface area contributed by atoms with Crippen LogP contribution < -0.4 is 4.90 Å². The summed E-state index contributed by atoms with van der Waals surface area (Å²) in [6.45, 7) is 2.97. The van der Waals surface area contributed by atoms with Crippen LogP contribution in [0.5, 0.6) is 0 Å². The van der Waals surface area contributed by atoms with E-state index in [1.54, 1.807) is 0 Å². The van der Waals surface area contributed by atoms with Gasteiger partial charge < -0.3 is 19.4 Å². The van der Waals surface area contributed by atoms with E-state index in [1.165, 1.54) is 0 Å². The predicted molar refractivity (Wildman–Crippen MR) is 195 cm³/mol. The molecule has 2 aliphatic rings. The number of rotatable bonds is 7. The van der Waals surface area contributed by atoms with Gasteiger partial charge in [0, 0.05) is 76.5 Å². The van der Waals surface area contributed by atoms with E-state index in [4.69, 9.17) is 28.2 Å². The van der Waals surface area contributed by atoms with E-state index < -0.39 is 0 Å². The quantitative estimate of drug-likeness (QED) is 0.182. The number of carbonyl (C=O) groups excluding carboxylic acids is 2. The Kier molecular flexibility index (Phi) is 8.35. The Hall–Kier alpha value is -5.05. The molecule has 2 saturated heterocycles. The number of likely N-dealkylation sites (tertiary alicyclic amines) is 1. The Morgan fingerprint density at radius 1 is 0.816 bits per heavy atom. The summed E-state index contributed by atoms with van der Waals surface area (Å²) in [5.74, 6) is -0.0855. The van der Waals surface area contributed by atoms with E-state index in [-0.39, 0.29) is 18.0 Å². The number of benzene rings is 4. The number of piperidine rings is 1. The lowest BCUT2D eigenvalue weighted by Crippen LogP contribution is -2.48. The molecule has 0 unspecified atom stereocenters. The zero-order valence-electron chi connectivity index (χ0n) is 26.7. The van der Waals surface area contributed by atoms with Crippen molar-refractivity contribution in [2.45, 2.75) is 25.4 Å². The fourth-order valence-electron chi connectivity index (χ4n) is 7.21. The van der Waals surface area contributed by atoms with E-state index in [0.717, 1.165) is 44.7 Å². The number of fused-ring (bicyclic) bond motifs is 1. The molecule has 0 spiro atoms. The molecule has 1 N–H and O–H groups in total. The number of nitrogens with one attached hydrogen (secondary N) is 1. The van der Waals surface area contributed by atoms with Gasteiger partial charge in [-0.1, -0.05) is 89.9 Å². The van der Waals surface area contributed by atoms with E-state index in [0.29, 0.717) is 61.3 Å². The van der Waals surface area contributed by atoms with Crippen LogP contribution in [0.25, 0.3) is 33.4 Å². The van der Waals surface area contributed by atoms with Gasteiger partial charge in [-0.15, -0.1) is 0 Å². The van der Waals surface area contributed by atoms with Crippen LogP contribution in [0.2, 0.25) is 10.0 Å². The van der Waals surface area contributed by atoms with Crippen LogP contribution in [-0.4, -0.2) is 68.5 Å². The number of carbonyl (C=O) groups is 2. The number of hydrogen-bond acceptors (Lipinski definition) is 3. The van der Waals surface area contributed by atoms with Crippen LogP contribution in [0.4, 0.5) is 10.5 Å². The lowest BCUT2D eigenvalue weighted by Gasteiger charge is -2.36. The molecule has 2 aliphatic heterocycles. The molecule has 2 fully saturated rings. The SMILES string of the molecule is O=C(c1[nH]c2cc(Cl)ccc2c1-c1c(-c2ccccc2)ncn1Cc1ccc(Cl)cc1)N1CCC(N2CCN(c3ccccc3)C2=O)CC1. The van der Waals surface area contributed by atoms with Gasteiger partial charge in [-0.2, -0.15) is 0 Å². The number of halogens is 2. The minimum atomic E-state index is -0.0855. The smallest absolute Gasteiger partial charge is 0.324 e. The second-order valence-electron chi connectivity index (χ2n) is 12.6. The highest BCUT2D eigenvalue weighted by Gasteiger charge is 2.37. The first-order valence-corrected chi connectivity index (χ1v) is 17.3. The van der Waals surface area contributed by atoms with Crippen LogP contribution >= 0.6 is 23.2 Å². The van der Waals surface area contributed by atoms with Crippen molar-refractivity contribution in [1.29, 1.82) is 0 Å². The Morgan fingerprint density at radius 2 is 1.51 bits per heavy atom. The second kappa shape index (κ2) is 13.1. The van der Waals surface area contributed by atoms with Gasteiger partial charge in [0.2, 0.25) is 0 Å². The van der Waals surface area contributed by atoms with Crippen LogP contribution in [0.3, 0.4) is 0 Å². The standard InChI is InChI=1S/C39H34Cl2N6O2/c40-28-13-11-26(12-14-28)24-45-25-42-35(27-7-3-1-4-8-27)37(45)34-32-16-15-29(41)23-33(32)43-36(34)38(48)44-19-17-31(18-20-44)47-22-21-46(39(47)49)30-9-5-2-6-10-30/h1-16,23,25,31,43H,17-22,24H2. The number of imidazole rings is 1. The molecule has 246 valence electrons. The number of urea groups is 1. The summed E-state index contributed by atoms with van der Waals surface area (Å²) in [4.78, 5) is 42.1. The van der Waals surface area contributed by atoms with Crippen molar-refractivity contribution >= 4 is 51.7 Å². The zero-order valence-corrected chi connectivity index (χ0v) is 28.2. The maximum absolute atomic E-state index is 14.6. The third-order valence-corrected chi connectivity index (χ3v) is 10.2. The van der Waals surface area contributed by atoms with E-state index in [9.17, 15) is 9.59 Å². The average molecular weight is 690 g/mol. The van der Waals surface area contributed by atoms with Crippen LogP contribution in [0, 0.1) is 0 Å². The number of nitrogens with zero attached hydrogens (tertiary/aromatic N) is 5. The number of H-pyrrole nitrogens is 1. The van der Waals surface area contributed by atoms with Crippen LogP contribution in [0.15, 0.2) is 109 Å².